The molecule has 4 heteroatoms. The Morgan fingerprint density at radius 3 is 2.80 bits per heavy atom. The molecule has 1 rings (SSSR count). The Bertz CT molecular complexity index is 229. The summed E-state index contributed by atoms with van der Waals surface area (Å²) in [5.41, 5.74) is 6.19. The number of piperidine rings is 1. The summed E-state index contributed by atoms with van der Waals surface area (Å²) in [5, 5.41) is 0. The summed E-state index contributed by atoms with van der Waals surface area (Å²) >= 11 is 0. The molecule has 1 atom stereocenters. The quantitative estimate of drug-likeness (QED) is 0.699. The van der Waals surface area contributed by atoms with E-state index in [1.807, 2.05) is 0 Å². The Hall–Kier alpha value is -0.610. The van der Waals surface area contributed by atoms with Gasteiger partial charge in [-0.1, -0.05) is 13.8 Å². The van der Waals surface area contributed by atoms with Gasteiger partial charge >= 0.3 is 5.97 Å². The van der Waals surface area contributed by atoms with Crippen molar-refractivity contribution in [1.29, 1.82) is 0 Å². The predicted molar refractivity (Wildman–Crippen MR) is 59.4 cm³/mol. The first-order valence-electron chi connectivity index (χ1n) is 5.50. The van der Waals surface area contributed by atoms with Crippen LogP contribution < -0.4 is 5.73 Å². The number of ether oxygens (including phenoxy) is 1. The number of nitrogens with two attached hydrogens (primary N) is 1. The number of rotatable bonds is 3. The van der Waals surface area contributed by atoms with Crippen LogP contribution in [0.4, 0.5) is 0 Å². The molecule has 4 nitrogen and oxygen atoms in total. The minimum absolute atomic E-state index is 0.136. The molecule has 1 aliphatic heterocycles. The van der Waals surface area contributed by atoms with Gasteiger partial charge in [0, 0.05) is 19.1 Å². The van der Waals surface area contributed by atoms with E-state index >= 15 is 0 Å². The summed E-state index contributed by atoms with van der Waals surface area (Å²) in [7, 11) is 1.43. The molecule has 0 spiro atoms. The number of carbonyl (C=O) groups excluding carboxylic acids is 1. The second-order valence-corrected chi connectivity index (χ2v) is 4.99. The lowest BCUT2D eigenvalue weighted by molar-refractivity contribution is -0.141. The van der Waals surface area contributed by atoms with Gasteiger partial charge < -0.3 is 15.4 Å². The maximum absolute atomic E-state index is 11.0. The lowest BCUT2D eigenvalue weighted by Crippen LogP contribution is -2.52. The van der Waals surface area contributed by atoms with Crippen molar-refractivity contribution in [3.05, 3.63) is 0 Å². The molecular formula is C11H22N2O2. The van der Waals surface area contributed by atoms with Gasteiger partial charge in [0.1, 0.15) is 0 Å². The first-order valence-corrected chi connectivity index (χ1v) is 5.50. The Labute approximate surface area is 91.8 Å². The second kappa shape index (κ2) is 4.94. The fourth-order valence-corrected chi connectivity index (χ4v) is 2.03. The van der Waals surface area contributed by atoms with Crippen LogP contribution in [0.2, 0.25) is 0 Å². The lowest BCUT2D eigenvalue weighted by atomic mass is 9.80. The van der Waals surface area contributed by atoms with Gasteiger partial charge in [-0.3, -0.25) is 4.79 Å². The Morgan fingerprint density at radius 2 is 2.27 bits per heavy atom. The molecular weight excluding hydrogens is 192 g/mol. The highest BCUT2D eigenvalue weighted by atomic mass is 16.5. The van der Waals surface area contributed by atoms with Gasteiger partial charge in [-0.25, -0.2) is 0 Å². The number of nitrogens with zero attached hydrogens (tertiary/aromatic N) is 1. The van der Waals surface area contributed by atoms with E-state index in [0.717, 1.165) is 26.1 Å². The van der Waals surface area contributed by atoms with Crippen LogP contribution in [0.3, 0.4) is 0 Å². The molecule has 1 saturated heterocycles. The molecule has 0 radical (unpaired) electrons. The lowest BCUT2D eigenvalue weighted by Gasteiger charge is -2.42. The van der Waals surface area contributed by atoms with Gasteiger partial charge in [-0.05, 0) is 18.4 Å². The first kappa shape index (κ1) is 12.5. The van der Waals surface area contributed by atoms with E-state index in [2.05, 4.69) is 23.5 Å². The van der Waals surface area contributed by atoms with E-state index < -0.39 is 0 Å². The van der Waals surface area contributed by atoms with Gasteiger partial charge in [-0.15, -0.1) is 0 Å². The average molecular weight is 214 g/mol. The number of esters is 1. The molecule has 0 aromatic heterocycles. The highest BCUT2D eigenvalue weighted by Crippen LogP contribution is 2.27. The van der Waals surface area contributed by atoms with Crippen molar-refractivity contribution in [2.75, 3.05) is 26.7 Å². The molecule has 0 aromatic carbocycles. The molecule has 1 aliphatic rings. The number of hydrogen-bond donors (Lipinski definition) is 1. The van der Waals surface area contributed by atoms with Crippen molar-refractivity contribution in [3.8, 4) is 0 Å². The maximum atomic E-state index is 11.0. The van der Waals surface area contributed by atoms with Gasteiger partial charge in [0.2, 0.25) is 0 Å². The summed E-state index contributed by atoms with van der Waals surface area (Å²) < 4.78 is 4.62. The average Bonchev–Trinajstić information content (AvgIpc) is 2.19. The van der Waals surface area contributed by atoms with Crippen LogP contribution in [-0.2, 0) is 9.53 Å². The summed E-state index contributed by atoms with van der Waals surface area (Å²) in [5.74, 6) is -0.136. The van der Waals surface area contributed by atoms with Crippen molar-refractivity contribution < 1.29 is 9.53 Å². The molecule has 0 amide bonds. The van der Waals surface area contributed by atoms with E-state index in [9.17, 15) is 4.79 Å². The van der Waals surface area contributed by atoms with Crippen molar-refractivity contribution >= 4 is 5.97 Å². The largest absolute Gasteiger partial charge is 0.469 e. The molecule has 0 aromatic rings. The third-order valence-corrected chi connectivity index (χ3v) is 3.25. The zero-order valence-electron chi connectivity index (χ0n) is 9.95. The molecule has 88 valence electrons. The molecule has 1 fully saturated rings. The minimum atomic E-state index is -0.136. The third-order valence-electron chi connectivity index (χ3n) is 3.25. The third kappa shape index (κ3) is 3.47. The van der Waals surface area contributed by atoms with E-state index in [1.54, 1.807) is 0 Å². The SMILES string of the molecule is COC(=O)CCN1CCC(N)C(C)(C)C1. The van der Waals surface area contributed by atoms with Crippen LogP contribution in [0.25, 0.3) is 0 Å². The Balaban J connectivity index is 2.36. The molecule has 2 N–H and O–H groups in total. The van der Waals surface area contributed by atoms with E-state index in [-0.39, 0.29) is 17.4 Å². The van der Waals surface area contributed by atoms with Gasteiger partial charge in [-0.2, -0.15) is 0 Å². The molecule has 1 unspecified atom stereocenters. The maximum Gasteiger partial charge on any atom is 0.306 e. The second-order valence-electron chi connectivity index (χ2n) is 4.99. The smallest absolute Gasteiger partial charge is 0.306 e. The zero-order valence-corrected chi connectivity index (χ0v) is 9.95. The topological polar surface area (TPSA) is 55.6 Å². The van der Waals surface area contributed by atoms with E-state index in [1.165, 1.54) is 7.11 Å². The number of hydrogen-bond acceptors (Lipinski definition) is 4. The summed E-state index contributed by atoms with van der Waals surface area (Å²) in [6.07, 6.45) is 1.48. The highest BCUT2D eigenvalue weighted by molar-refractivity contribution is 5.69. The standard InChI is InChI=1S/C11H22N2O2/c1-11(2)8-13(6-4-9(11)12)7-5-10(14)15-3/h9H,4-8,12H2,1-3H3. The van der Waals surface area contributed by atoms with Gasteiger partial charge in [0.05, 0.1) is 13.5 Å². The van der Waals surface area contributed by atoms with Crippen molar-refractivity contribution in [2.45, 2.75) is 32.7 Å². The Morgan fingerprint density at radius 1 is 1.60 bits per heavy atom. The van der Waals surface area contributed by atoms with Gasteiger partial charge in [0.15, 0.2) is 0 Å². The first-order chi connectivity index (χ1) is 6.95. The fraction of sp³-hybridized carbons (Fsp3) is 0.909. The predicted octanol–water partition coefficient (Wildman–Crippen LogP) is 0.609. The van der Waals surface area contributed by atoms with Crippen molar-refractivity contribution in [3.63, 3.8) is 0 Å². The normalized spacial score (nSPS) is 26.3. The van der Waals surface area contributed by atoms with Gasteiger partial charge in [0.25, 0.3) is 0 Å². The molecule has 0 aliphatic carbocycles. The molecule has 15 heavy (non-hydrogen) atoms. The number of carbonyl (C=O) groups is 1. The van der Waals surface area contributed by atoms with Crippen LogP contribution in [0, 0.1) is 5.41 Å². The summed E-state index contributed by atoms with van der Waals surface area (Å²) in [6.45, 7) is 7.10. The number of likely N-dealkylation sites (tertiary alicyclic amines) is 1. The van der Waals surface area contributed by atoms with Crippen LogP contribution in [0.1, 0.15) is 26.7 Å². The molecule has 0 saturated carbocycles. The monoisotopic (exact) mass is 214 g/mol. The Kier molecular flexibility index (Phi) is 4.11. The summed E-state index contributed by atoms with van der Waals surface area (Å²) in [4.78, 5) is 13.3. The van der Waals surface area contributed by atoms with Crippen molar-refractivity contribution in [2.24, 2.45) is 11.1 Å². The van der Waals surface area contributed by atoms with E-state index in [4.69, 9.17) is 5.73 Å². The van der Waals surface area contributed by atoms with Crippen LogP contribution >= 0.6 is 0 Å². The fourth-order valence-electron chi connectivity index (χ4n) is 2.03. The van der Waals surface area contributed by atoms with Crippen LogP contribution in [0.15, 0.2) is 0 Å². The highest BCUT2D eigenvalue weighted by Gasteiger charge is 2.33. The molecule has 0 bridgehead atoms. The van der Waals surface area contributed by atoms with Crippen LogP contribution in [-0.4, -0.2) is 43.7 Å². The zero-order chi connectivity index (χ0) is 11.5. The minimum Gasteiger partial charge on any atom is -0.469 e. The van der Waals surface area contributed by atoms with E-state index in [0.29, 0.717) is 6.42 Å². The molecule has 1 heterocycles. The van der Waals surface area contributed by atoms with Crippen LogP contribution in [0.5, 0.6) is 0 Å². The number of methoxy groups -OCH3 is 1. The van der Waals surface area contributed by atoms with Crippen molar-refractivity contribution in [1.82, 2.24) is 4.90 Å². The summed E-state index contributed by atoms with van der Waals surface area (Å²) in [6, 6.07) is 0.270.